The molecule has 1 aromatic heterocycles. The highest BCUT2D eigenvalue weighted by atomic mass is 16.5. The van der Waals surface area contributed by atoms with Gasteiger partial charge in [0, 0.05) is 32.6 Å². The van der Waals surface area contributed by atoms with Crippen LogP contribution >= 0.6 is 0 Å². The first-order chi connectivity index (χ1) is 15.1. The van der Waals surface area contributed by atoms with Crippen molar-refractivity contribution in [2.24, 2.45) is 7.05 Å². The molecule has 0 bridgehead atoms. The van der Waals surface area contributed by atoms with Crippen LogP contribution in [-0.4, -0.2) is 44.9 Å². The van der Waals surface area contributed by atoms with Crippen LogP contribution in [0.15, 0.2) is 65.5 Å². The molecular weight excluding hydrogens is 392 g/mol. The van der Waals surface area contributed by atoms with Crippen molar-refractivity contribution >= 4 is 5.91 Å². The van der Waals surface area contributed by atoms with Crippen LogP contribution in [0, 0.1) is 0 Å². The molecule has 7 heteroatoms. The van der Waals surface area contributed by atoms with Crippen LogP contribution in [0.3, 0.4) is 0 Å². The molecule has 1 fully saturated rings. The number of aryl methyl sites for hydroxylation is 2. The maximum atomic E-state index is 12.6. The fourth-order valence-electron chi connectivity index (χ4n) is 4.06. The molecule has 162 valence electrons. The Morgan fingerprint density at radius 1 is 1.03 bits per heavy atom. The number of benzene rings is 2. The molecule has 0 atom stereocenters. The van der Waals surface area contributed by atoms with Gasteiger partial charge in [0.25, 0.3) is 5.91 Å². The van der Waals surface area contributed by atoms with Gasteiger partial charge in [-0.05, 0) is 37.0 Å². The van der Waals surface area contributed by atoms with E-state index in [0.717, 1.165) is 25.1 Å². The van der Waals surface area contributed by atoms with Crippen molar-refractivity contribution in [3.05, 3.63) is 82.5 Å². The number of piperidine rings is 1. The third-order valence-electron chi connectivity index (χ3n) is 5.82. The molecule has 1 aliphatic heterocycles. The van der Waals surface area contributed by atoms with Crippen molar-refractivity contribution in [3.63, 3.8) is 0 Å². The van der Waals surface area contributed by atoms with E-state index in [0.29, 0.717) is 25.4 Å². The van der Waals surface area contributed by atoms with E-state index in [9.17, 15) is 9.59 Å². The highest BCUT2D eigenvalue weighted by Crippen LogP contribution is 2.26. The Bertz CT molecular complexity index is 1050. The van der Waals surface area contributed by atoms with Crippen molar-refractivity contribution < 1.29 is 9.53 Å². The summed E-state index contributed by atoms with van der Waals surface area (Å²) in [6.45, 7) is 1.94. The molecule has 3 aromatic rings. The van der Waals surface area contributed by atoms with Gasteiger partial charge in [0.2, 0.25) is 0 Å². The van der Waals surface area contributed by atoms with E-state index in [1.807, 2.05) is 53.4 Å². The van der Waals surface area contributed by atoms with E-state index in [2.05, 4.69) is 17.2 Å². The lowest BCUT2D eigenvalue weighted by Gasteiger charge is -2.31. The summed E-state index contributed by atoms with van der Waals surface area (Å²) in [5.74, 6) is 1.69. The second kappa shape index (κ2) is 9.64. The number of amides is 1. The van der Waals surface area contributed by atoms with Crippen molar-refractivity contribution in [2.45, 2.75) is 31.7 Å². The molecule has 2 aromatic carbocycles. The summed E-state index contributed by atoms with van der Waals surface area (Å²) in [5.41, 5.74) is 1.11. The molecule has 1 amide bonds. The standard InChI is InChI=1S/C24H28N4O3/c1-26-24(30)28(17-12-19-8-4-2-5-9-19)23(25-26)20-13-15-27(16-14-20)22(29)18-31-21-10-6-3-7-11-21/h2-11,20H,12-18H2,1H3. The van der Waals surface area contributed by atoms with E-state index < -0.39 is 0 Å². The molecule has 2 heterocycles. The van der Waals surface area contributed by atoms with Crippen molar-refractivity contribution in [1.82, 2.24) is 19.2 Å². The van der Waals surface area contributed by atoms with Gasteiger partial charge < -0.3 is 9.64 Å². The molecule has 0 N–H and O–H groups in total. The summed E-state index contributed by atoms with van der Waals surface area (Å²) in [7, 11) is 1.70. The van der Waals surface area contributed by atoms with E-state index in [1.54, 1.807) is 11.6 Å². The maximum absolute atomic E-state index is 12.6. The van der Waals surface area contributed by atoms with Gasteiger partial charge >= 0.3 is 5.69 Å². The number of hydrogen-bond donors (Lipinski definition) is 0. The summed E-state index contributed by atoms with van der Waals surface area (Å²) in [6, 6.07) is 19.5. The van der Waals surface area contributed by atoms with Gasteiger partial charge in [0.05, 0.1) is 0 Å². The zero-order valence-electron chi connectivity index (χ0n) is 17.8. The quantitative estimate of drug-likeness (QED) is 0.589. The second-order valence-electron chi connectivity index (χ2n) is 7.91. The number of hydrogen-bond acceptors (Lipinski definition) is 4. The molecule has 0 radical (unpaired) electrons. The summed E-state index contributed by atoms with van der Waals surface area (Å²) in [6.07, 6.45) is 2.37. The number of nitrogens with zero attached hydrogens (tertiary/aromatic N) is 4. The summed E-state index contributed by atoms with van der Waals surface area (Å²) in [5, 5.41) is 4.53. The molecular formula is C24H28N4O3. The van der Waals surface area contributed by atoms with E-state index in [4.69, 9.17) is 4.74 Å². The number of likely N-dealkylation sites (tertiary alicyclic amines) is 1. The molecule has 0 unspecified atom stereocenters. The second-order valence-corrected chi connectivity index (χ2v) is 7.91. The zero-order chi connectivity index (χ0) is 21.6. The number of aromatic nitrogens is 3. The van der Waals surface area contributed by atoms with Crippen LogP contribution in [0.25, 0.3) is 0 Å². The fourth-order valence-corrected chi connectivity index (χ4v) is 4.06. The van der Waals surface area contributed by atoms with E-state index in [-0.39, 0.29) is 24.1 Å². The maximum Gasteiger partial charge on any atom is 0.345 e. The van der Waals surface area contributed by atoms with Crippen LogP contribution < -0.4 is 10.4 Å². The Balaban J connectivity index is 1.35. The minimum Gasteiger partial charge on any atom is -0.484 e. The lowest BCUT2D eigenvalue weighted by molar-refractivity contribution is -0.134. The Kier molecular flexibility index (Phi) is 6.50. The fraction of sp³-hybridized carbons (Fsp3) is 0.375. The van der Waals surface area contributed by atoms with Gasteiger partial charge in [-0.15, -0.1) is 0 Å². The smallest absolute Gasteiger partial charge is 0.345 e. The van der Waals surface area contributed by atoms with Crippen LogP contribution in [0.4, 0.5) is 0 Å². The molecule has 0 spiro atoms. The molecule has 0 aliphatic carbocycles. The number of carbonyl (C=O) groups is 1. The normalized spacial score (nSPS) is 14.5. The molecule has 1 aliphatic rings. The Morgan fingerprint density at radius 3 is 2.35 bits per heavy atom. The average molecular weight is 421 g/mol. The van der Waals surface area contributed by atoms with Gasteiger partial charge in [-0.3, -0.25) is 9.36 Å². The highest BCUT2D eigenvalue weighted by Gasteiger charge is 2.28. The van der Waals surface area contributed by atoms with Crippen molar-refractivity contribution in [2.75, 3.05) is 19.7 Å². The number of carbonyl (C=O) groups excluding carboxylic acids is 1. The Labute approximate surface area is 181 Å². The third-order valence-corrected chi connectivity index (χ3v) is 5.82. The predicted octanol–water partition coefficient (Wildman–Crippen LogP) is 2.61. The van der Waals surface area contributed by atoms with Gasteiger partial charge in [0.1, 0.15) is 11.6 Å². The van der Waals surface area contributed by atoms with Crippen LogP contribution in [-0.2, 0) is 24.8 Å². The van der Waals surface area contributed by atoms with Crippen LogP contribution in [0.2, 0.25) is 0 Å². The van der Waals surface area contributed by atoms with Crippen LogP contribution in [0.1, 0.15) is 30.1 Å². The number of para-hydroxylation sites is 1. The predicted molar refractivity (Wildman–Crippen MR) is 118 cm³/mol. The van der Waals surface area contributed by atoms with Crippen molar-refractivity contribution in [1.29, 1.82) is 0 Å². The first-order valence-electron chi connectivity index (χ1n) is 10.7. The molecule has 7 nitrogen and oxygen atoms in total. The third kappa shape index (κ3) is 5.05. The van der Waals surface area contributed by atoms with Gasteiger partial charge in [-0.1, -0.05) is 48.5 Å². The van der Waals surface area contributed by atoms with E-state index in [1.165, 1.54) is 10.2 Å². The average Bonchev–Trinajstić information content (AvgIpc) is 3.11. The largest absolute Gasteiger partial charge is 0.484 e. The summed E-state index contributed by atoms with van der Waals surface area (Å²) >= 11 is 0. The van der Waals surface area contributed by atoms with Gasteiger partial charge in [-0.25, -0.2) is 9.48 Å². The van der Waals surface area contributed by atoms with Crippen molar-refractivity contribution in [3.8, 4) is 5.75 Å². The first-order valence-corrected chi connectivity index (χ1v) is 10.7. The number of rotatable bonds is 7. The highest BCUT2D eigenvalue weighted by molar-refractivity contribution is 5.77. The topological polar surface area (TPSA) is 69.4 Å². The lowest BCUT2D eigenvalue weighted by atomic mass is 9.95. The zero-order valence-corrected chi connectivity index (χ0v) is 17.8. The molecule has 31 heavy (non-hydrogen) atoms. The SMILES string of the molecule is Cn1nc(C2CCN(C(=O)COc3ccccc3)CC2)n(CCc2ccccc2)c1=O. The monoisotopic (exact) mass is 420 g/mol. The van der Waals surface area contributed by atoms with Crippen LogP contribution in [0.5, 0.6) is 5.75 Å². The van der Waals surface area contributed by atoms with E-state index >= 15 is 0 Å². The summed E-state index contributed by atoms with van der Waals surface area (Å²) in [4.78, 5) is 27.0. The van der Waals surface area contributed by atoms with Gasteiger partial charge in [0.15, 0.2) is 6.61 Å². The minimum absolute atomic E-state index is 0.00945. The minimum atomic E-state index is -0.0827. The number of ether oxygens (including phenoxy) is 1. The molecule has 1 saturated heterocycles. The van der Waals surface area contributed by atoms with Gasteiger partial charge in [-0.2, -0.15) is 5.10 Å². The Morgan fingerprint density at radius 2 is 1.68 bits per heavy atom. The Hall–Kier alpha value is -3.35. The summed E-state index contributed by atoms with van der Waals surface area (Å²) < 4.78 is 8.81. The first kappa shape index (κ1) is 20.9. The lowest BCUT2D eigenvalue weighted by Crippen LogP contribution is -2.41. The molecule has 0 saturated carbocycles. The molecule has 4 rings (SSSR count).